The molecule has 0 saturated carbocycles. The van der Waals surface area contributed by atoms with Crippen molar-refractivity contribution in [3.05, 3.63) is 23.2 Å². The van der Waals surface area contributed by atoms with Gasteiger partial charge >= 0.3 is 0 Å². The molecule has 1 aromatic carbocycles. The van der Waals surface area contributed by atoms with Crippen molar-refractivity contribution in [1.82, 2.24) is 0 Å². The van der Waals surface area contributed by atoms with Crippen LogP contribution in [0.2, 0.25) is 5.02 Å². The van der Waals surface area contributed by atoms with Crippen molar-refractivity contribution in [1.29, 1.82) is 0 Å². The van der Waals surface area contributed by atoms with E-state index < -0.39 is 0 Å². The van der Waals surface area contributed by atoms with E-state index in [0.29, 0.717) is 11.6 Å². The molecule has 2 nitrogen and oxygen atoms in total. The highest BCUT2D eigenvalue weighted by Gasteiger charge is 2.14. The molecule has 1 saturated heterocycles. The number of nitrogens with one attached hydrogen (secondary N) is 1. The standard InChI is InChI=1S/C13H18ClNOS/c1-2-16-13-4-3-11(7-12(13)14)15-8-10-5-6-17-9-10/h3-4,7,10,15H,2,5-6,8-9H2,1H3. The van der Waals surface area contributed by atoms with Crippen LogP contribution in [0.4, 0.5) is 5.69 Å². The Morgan fingerprint density at radius 1 is 1.53 bits per heavy atom. The number of benzene rings is 1. The molecule has 1 aliphatic heterocycles. The second-order valence-corrected chi connectivity index (χ2v) is 5.75. The summed E-state index contributed by atoms with van der Waals surface area (Å²) in [7, 11) is 0. The summed E-state index contributed by atoms with van der Waals surface area (Å²) in [5.41, 5.74) is 1.08. The summed E-state index contributed by atoms with van der Waals surface area (Å²) in [5, 5.41) is 4.12. The maximum atomic E-state index is 6.13. The van der Waals surface area contributed by atoms with E-state index in [-0.39, 0.29) is 0 Å². The lowest BCUT2D eigenvalue weighted by Crippen LogP contribution is -2.13. The van der Waals surface area contributed by atoms with E-state index in [4.69, 9.17) is 16.3 Å². The average molecular weight is 272 g/mol. The third kappa shape index (κ3) is 3.71. The van der Waals surface area contributed by atoms with Gasteiger partial charge in [-0.3, -0.25) is 0 Å². The van der Waals surface area contributed by atoms with Crippen molar-refractivity contribution in [2.45, 2.75) is 13.3 Å². The molecular formula is C13H18ClNOS. The van der Waals surface area contributed by atoms with Gasteiger partial charge in [-0.2, -0.15) is 11.8 Å². The molecule has 0 bridgehead atoms. The van der Waals surface area contributed by atoms with Crippen LogP contribution in [-0.4, -0.2) is 24.7 Å². The number of rotatable bonds is 5. The maximum absolute atomic E-state index is 6.13. The van der Waals surface area contributed by atoms with Crippen LogP contribution in [0.15, 0.2) is 18.2 Å². The molecule has 2 rings (SSSR count). The Morgan fingerprint density at radius 3 is 3.06 bits per heavy atom. The third-order valence-electron chi connectivity index (χ3n) is 2.85. The second kappa shape index (κ2) is 6.41. The quantitative estimate of drug-likeness (QED) is 0.878. The molecule has 4 heteroatoms. The molecule has 1 aromatic rings. The third-order valence-corrected chi connectivity index (χ3v) is 4.38. The van der Waals surface area contributed by atoms with Gasteiger partial charge in [0, 0.05) is 12.2 Å². The van der Waals surface area contributed by atoms with Crippen molar-refractivity contribution < 1.29 is 4.74 Å². The van der Waals surface area contributed by atoms with E-state index in [9.17, 15) is 0 Å². The fourth-order valence-corrected chi connectivity index (χ4v) is 3.41. The van der Waals surface area contributed by atoms with Crippen LogP contribution in [0.25, 0.3) is 0 Å². The predicted molar refractivity (Wildman–Crippen MR) is 76.5 cm³/mol. The summed E-state index contributed by atoms with van der Waals surface area (Å²) >= 11 is 8.18. The van der Waals surface area contributed by atoms with Crippen LogP contribution >= 0.6 is 23.4 Å². The topological polar surface area (TPSA) is 21.3 Å². The SMILES string of the molecule is CCOc1ccc(NCC2CCSC2)cc1Cl. The number of hydrogen-bond donors (Lipinski definition) is 1. The largest absolute Gasteiger partial charge is 0.492 e. The van der Waals surface area contributed by atoms with Crippen LogP contribution < -0.4 is 10.1 Å². The minimum absolute atomic E-state index is 0.645. The first-order valence-electron chi connectivity index (χ1n) is 6.03. The number of thioether (sulfide) groups is 1. The predicted octanol–water partition coefficient (Wildman–Crippen LogP) is 3.90. The highest BCUT2D eigenvalue weighted by atomic mass is 35.5. The zero-order chi connectivity index (χ0) is 12.1. The number of anilines is 1. The highest BCUT2D eigenvalue weighted by molar-refractivity contribution is 7.99. The molecule has 0 aromatic heterocycles. The van der Waals surface area contributed by atoms with E-state index in [1.165, 1.54) is 17.9 Å². The molecule has 0 spiro atoms. The Labute approximate surface area is 112 Å². The van der Waals surface area contributed by atoms with Crippen LogP contribution in [-0.2, 0) is 0 Å². The molecule has 17 heavy (non-hydrogen) atoms. The normalized spacial score (nSPS) is 19.3. The first-order valence-corrected chi connectivity index (χ1v) is 7.57. The minimum Gasteiger partial charge on any atom is -0.492 e. The Bertz CT molecular complexity index is 366. The van der Waals surface area contributed by atoms with Crippen molar-refractivity contribution in [3.8, 4) is 5.75 Å². The van der Waals surface area contributed by atoms with Gasteiger partial charge in [0.15, 0.2) is 0 Å². The molecule has 1 aliphatic rings. The second-order valence-electron chi connectivity index (χ2n) is 4.19. The van der Waals surface area contributed by atoms with Crippen LogP contribution in [0, 0.1) is 5.92 Å². The minimum atomic E-state index is 0.645. The van der Waals surface area contributed by atoms with Gasteiger partial charge in [0.2, 0.25) is 0 Å². The maximum Gasteiger partial charge on any atom is 0.138 e. The van der Waals surface area contributed by atoms with Gasteiger partial charge in [0.25, 0.3) is 0 Å². The molecule has 1 unspecified atom stereocenters. The average Bonchev–Trinajstić information content (AvgIpc) is 2.83. The molecule has 0 aliphatic carbocycles. The van der Waals surface area contributed by atoms with E-state index in [1.807, 2.05) is 36.9 Å². The zero-order valence-electron chi connectivity index (χ0n) is 10.0. The molecule has 0 amide bonds. The first kappa shape index (κ1) is 12.9. The van der Waals surface area contributed by atoms with Gasteiger partial charge in [-0.05, 0) is 49.0 Å². The van der Waals surface area contributed by atoms with Crippen molar-refractivity contribution >= 4 is 29.1 Å². The summed E-state index contributed by atoms with van der Waals surface area (Å²) in [5.74, 6) is 4.13. The lowest BCUT2D eigenvalue weighted by atomic mass is 10.1. The molecule has 1 heterocycles. The highest BCUT2D eigenvalue weighted by Crippen LogP contribution is 2.28. The van der Waals surface area contributed by atoms with Gasteiger partial charge in [0.05, 0.1) is 11.6 Å². The summed E-state index contributed by atoms with van der Waals surface area (Å²) in [6, 6.07) is 5.89. The van der Waals surface area contributed by atoms with Gasteiger partial charge in [-0.25, -0.2) is 0 Å². The molecule has 1 N–H and O–H groups in total. The van der Waals surface area contributed by atoms with E-state index in [0.717, 1.165) is 23.9 Å². The Morgan fingerprint density at radius 2 is 2.41 bits per heavy atom. The van der Waals surface area contributed by atoms with E-state index in [2.05, 4.69) is 5.32 Å². The zero-order valence-corrected chi connectivity index (χ0v) is 11.6. The molecule has 1 fully saturated rings. The fraction of sp³-hybridized carbons (Fsp3) is 0.538. The van der Waals surface area contributed by atoms with Gasteiger partial charge in [-0.15, -0.1) is 0 Å². The molecule has 1 atom stereocenters. The number of hydrogen-bond acceptors (Lipinski definition) is 3. The van der Waals surface area contributed by atoms with E-state index in [1.54, 1.807) is 0 Å². The summed E-state index contributed by atoms with van der Waals surface area (Å²) in [6.07, 6.45) is 1.32. The van der Waals surface area contributed by atoms with Gasteiger partial charge < -0.3 is 10.1 Å². The van der Waals surface area contributed by atoms with Gasteiger partial charge in [-0.1, -0.05) is 11.6 Å². The van der Waals surface area contributed by atoms with Crippen LogP contribution in [0.3, 0.4) is 0 Å². The fourth-order valence-electron chi connectivity index (χ4n) is 1.89. The monoisotopic (exact) mass is 271 g/mol. The number of halogens is 1. The van der Waals surface area contributed by atoms with Crippen LogP contribution in [0.5, 0.6) is 5.75 Å². The van der Waals surface area contributed by atoms with Gasteiger partial charge in [0.1, 0.15) is 5.75 Å². The Balaban J connectivity index is 1.90. The molecular weight excluding hydrogens is 254 g/mol. The smallest absolute Gasteiger partial charge is 0.138 e. The number of ether oxygens (including phenoxy) is 1. The van der Waals surface area contributed by atoms with Crippen molar-refractivity contribution in [3.63, 3.8) is 0 Å². The molecule has 0 radical (unpaired) electrons. The van der Waals surface area contributed by atoms with E-state index >= 15 is 0 Å². The van der Waals surface area contributed by atoms with Crippen molar-refractivity contribution in [2.24, 2.45) is 5.92 Å². The Hall–Kier alpha value is -0.540. The first-order chi connectivity index (χ1) is 8.29. The lowest BCUT2D eigenvalue weighted by Gasteiger charge is -2.12. The lowest BCUT2D eigenvalue weighted by molar-refractivity contribution is 0.340. The van der Waals surface area contributed by atoms with Crippen molar-refractivity contribution in [2.75, 3.05) is 30.0 Å². The Kier molecular flexibility index (Phi) is 4.86. The summed E-state index contributed by atoms with van der Waals surface area (Å²) in [6.45, 7) is 3.64. The molecule has 94 valence electrons. The summed E-state index contributed by atoms with van der Waals surface area (Å²) in [4.78, 5) is 0. The van der Waals surface area contributed by atoms with Crippen LogP contribution in [0.1, 0.15) is 13.3 Å². The summed E-state index contributed by atoms with van der Waals surface area (Å²) < 4.78 is 5.41.